The highest BCUT2D eigenvalue weighted by molar-refractivity contribution is 7.32. The van der Waals surface area contributed by atoms with E-state index in [-0.39, 0.29) is 0 Å². The van der Waals surface area contributed by atoms with Crippen LogP contribution in [0.2, 0.25) is 0 Å². The summed E-state index contributed by atoms with van der Waals surface area (Å²) in [4.78, 5) is 9.17. The average molecular weight is 345 g/mol. The summed E-state index contributed by atoms with van der Waals surface area (Å²) in [5, 5.41) is 0. The van der Waals surface area contributed by atoms with Crippen molar-refractivity contribution in [2.24, 2.45) is 5.92 Å². The molecular formula is C19H22O4P+. The maximum atomic E-state index is 11.2. The monoisotopic (exact) mass is 345 g/mol. The van der Waals surface area contributed by atoms with Gasteiger partial charge in [-0.25, -0.2) is 0 Å². The van der Waals surface area contributed by atoms with Crippen LogP contribution in [0.25, 0.3) is 0 Å². The lowest BCUT2D eigenvalue weighted by atomic mass is 9.92. The van der Waals surface area contributed by atoms with E-state index in [4.69, 9.17) is 14.2 Å². The molecule has 126 valence electrons. The molecule has 0 amide bonds. The Balaban J connectivity index is 1.67. The average Bonchev–Trinajstić information content (AvgIpc) is 3.39. The molecule has 0 radical (unpaired) electrons. The predicted molar refractivity (Wildman–Crippen MR) is 93.0 cm³/mol. The van der Waals surface area contributed by atoms with Crippen LogP contribution in [0, 0.1) is 5.92 Å². The van der Waals surface area contributed by atoms with Gasteiger partial charge in [0.2, 0.25) is 0 Å². The molecule has 4 nitrogen and oxygen atoms in total. The quantitative estimate of drug-likeness (QED) is 0.708. The van der Waals surface area contributed by atoms with Crippen molar-refractivity contribution in [3.63, 3.8) is 0 Å². The van der Waals surface area contributed by atoms with Gasteiger partial charge in [-0.1, -0.05) is 42.5 Å². The van der Waals surface area contributed by atoms with E-state index < -0.39 is 13.9 Å². The van der Waals surface area contributed by atoms with Crippen molar-refractivity contribution < 1.29 is 18.7 Å². The molecule has 0 aromatic heterocycles. The molecule has 0 aliphatic heterocycles. The summed E-state index contributed by atoms with van der Waals surface area (Å²) < 4.78 is 22.4. The molecule has 2 aromatic rings. The van der Waals surface area contributed by atoms with Crippen LogP contribution < -0.4 is 4.74 Å². The molecule has 0 spiro atoms. The Labute approximate surface area is 143 Å². The van der Waals surface area contributed by atoms with E-state index in [0.29, 0.717) is 18.9 Å². The Kier molecular flexibility index (Phi) is 5.30. The zero-order valence-corrected chi connectivity index (χ0v) is 14.6. The molecule has 2 atom stereocenters. The minimum Gasteiger partial charge on any atom is -0.489 e. The molecule has 3 rings (SSSR count). The number of ether oxygens (including phenoxy) is 1. The van der Waals surface area contributed by atoms with Gasteiger partial charge in [-0.05, 0) is 48.9 Å². The van der Waals surface area contributed by atoms with Gasteiger partial charge >= 0.3 is 8.25 Å². The first-order valence-corrected chi connectivity index (χ1v) is 9.29. The van der Waals surface area contributed by atoms with E-state index in [1.54, 1.807) is 0 Å². The third-order valence-corrected chi connectivity index (χ3v) is 5.00. The van der Waals surface area contributed by atoms with Crippen molar-refractivity contribution in [3.8, 4) is 5.75 Å². The highest BCUT2D eigenvalue weighted by Crippen LogP contribution is 2.47. The Hall–Kier alpha value is -1.74. The fraction of sp³-hybridized carbons (Fsp3) is 0.368. The summed E-state index contributed by atoms with van der Waals surface area (Å²) >= 11 is 0. The standard InChI is InChI=1S/C19H21O4P/c1-19(17-10-11-17,23-24(20)21)13-16-8-5-9-18(12-16)22-14-15-6-3-2-4-7-15/h2-9,12,17H,10-11,13-14H2,1H3/p+1. The zero-order valence-electron chi connectivity index (χ0n) is 13.7. The van der Waals surface area contributed by atoms with Gasteiger partial charge in [-0.2, -0.15) is 0 Å². The molecule has 1 saturated carbocycles. The van der Waals surface area contributed by atoms with Crippen molar-refractivity contribution in [3.05, 3.63) is 65.7 Å². The first kappa shape index (κ1) is 17.1. The minimum atomic E-state index is -2.60. The first-order valence-electron chi connectivity index (χ1n) is 8.16. The number of hydrogen-bond acceptors (Lipinski definition) is 3. The van der Waals surface area contributed by atoms with Crippen molar-refractivity contribution in [1.29, 1.82) is 0 Å². The molecule has 0 saturated heterocycles. The topological polar surface area (TPSA) is 55.8 Å². The van der Waals surface area contributed by atoms with Crippen LogP contribution in [0.1, 0.15) is 30.9 Å². The van der Waals surface area contributed by atoms with E-state index >= 15 is 0 Å². The normalized spacial score (nSPS) is 17.2. The van der Waals surface area contributed by atoms with Crippen LogP contribution in [0.4, 0.5) is 0 Å². The molecule has 1 aliphatic rings. The molecular weight excluding hydrogens is 323 g/mol. The summed E-state index contributed by atoms with van der Waals surface area (Å²) in [5.41, 5.74) is 1.57. The van der Waals surface area contributed by atoms with E-state index in [1.807, 2.05) is 61.5 Å². The summed E-state index contributed by atoms with van der Waals surface area (Å²) in [6, 6.07) is 17.9. The Morgan fingerprint density at radius 1 is 1.12 bits per heavy atom. The maximum absolute atomic E-state index is 11.2. The lowest BCUT2D eigenvalue weighted by Crippen LogP contribution is -2.31. The van der Waals surface area contributed by atoms with E-state index in [0.717, 1.165) is 29.7 Å². The number of rotatable bonds is 8. The predicted octanol–water partition coefficient (Wildman–Crippen LogP) is 4.64. The minimum absolute atomic E-state index is 0.345. The van der Waals surface area contributed by atoms with E-state index in [9.17, 15) is 4.57 Å². The molecule has 2 unspecified atom stereocenters. The summed E-state index contributed by atoms with van der Waals surface area (Å²) in [7, 11) is -2.60. The molecule has 24 heavy (non-hydrogen) atoms. The first-order chi connectivity index (χ1) is 11.5. The Bertz CT molecular complexity index is 700. The van der Waals surface area contributed by atoms with E-state index in [2.05, 4.69) is 0 Å². The van der Waals surface area contributed by atoms with Gasteiger partial charge in [0, 0.05) is 11.0 Å². The summed E-state index contributed by atoms with van der Waals surface area (Å²) in [5.74, 6) is 1.14. The van der Waals surface area contributed by atoms with Gasteiger partial charge in [0.25, 0.3) is 0 Å². The smallest absolute Gasteiger partial charge is 0.489 e. The highest BCUT2D eigenvalue weighted by atomic mass is 31.1. The molecule has 0 heterocycles. The van der Waals surface area contributed by atoms with Gasteiger partial charge in [-0.15, -0.1) is 9.42 Å². The summed E-state index contributed by atoms with van der Waals surface area (Å²) in [6.45, 7) is 2.44. The van der Waals surface area contributed by atoms with Crippen molar-refractivity contribution in [2.75, 3.05) is 0 Å². The SMILES string of the molecule is CC(Cc1cccc(OCc2ccccc2)c1)(O[P+](=O)O)C1CC1. The molecule has 1 N–H and O–H groups in total. The van der Waals surface area contributed by atoms with Crippen molar-refractivity contribution in [2.45, 2.75) is 38.4 Å². The molecule has 1 fully saturated rings. The number of hydrogen-bond donors (Lipinski definition) is 1. The van der Waals surface area contributed by atoms with Crippen LogP contribution in [0.15, 0.2) is 54.6 Å². The Morgan fingerprint density at radius 2 is 1.83 bits per heavy atom. The number of benzene rings is 2. The van der Waals surface area contributed by atoms with Crippen molar-refractivity contribution in [1.82, 2.24) is 0 Å². The molecule has 2 aromatic carbocycles. The van der Waals surface area contributed by atoms with Crippen LogP contribution in [0.3, 0.4) is 0 Å². The third kappa shape index (κ3) is 4.64. The second kappa shape index (κ2) is 7.43. The van der Waals surface area contributed by atoms with Crippen LogP contribution in [-0.4, -0.2) is 10.5 Å². The van der Waals surface area contributed by atoms with Gasteiger partial charge in [-0.3, -0.25) is 0 Å². The highest BCUT2D eigenvalue weighted by Gasteiger charge is 2.48. The fourth-order valence-electron chi connectivity index (χ4n) is 3.01. The largest absolute Gasteiger partial charge is 0.695 e. The summed E-state index contributed by atoms with van der Waals surface area (Å²) in [6.07, 6.45) is 2.69. The molecule has 5 heteroatoms. The van der Waals surface area contributed by atoms with Crippen molar-refractivity contribution >= 4 is 8.25 Å². The van der Waals surface area contributed by atoms with Crippen LogP contribution in [0.5, 0.6) is 5.75 Å². The van der Waals surface area contributed by atoms with Gasteiger partial charge in [0.15, 0.2) is 0 Å². The lowest BCUT2D eigenvalue weighted by molar-refractivity contribution is 0.0613. The van der Waals surface area contributed by atoms with Crippen LogP contribution >= 0.6 is 8.25 Å². The molecule has 0 bridgehead atoms. The lowest BCUT2D eigenvalue weighted by Gasteiger charge is -2.22. The van der Waals surface area contributed by atoms with Gasteiger partial charge in [0.05, 0.1) is 0 Å². The van der Waals surface area contributed by atoms with Gasteiger partial charge < -0.3 is 4.74 Å². The third-order valence-electron chi connectivity index (χ3n) is 4.43. The second-order valence-corrected chi connectivity index (χ2v) is 7.17. The van der Waals surface area contributed by atoms with Crippen LogP contribution in [-0.2, 0) is 22.1 Å². The fourth-order valence-corrected chi connectivity index (χ4v) is 3.59. The maximum Gasteiger partial charge on any atom is 0.695 e. The Morgan fingerprint density at radius 3 is 2.50 bits per heavy atom. The van der Waals surface area contributed by atoms with E-state index in [1.165, 1.54) is 0 Å². The van der Waals surface area contributed by atoms with Gasteiger partial charge in [0.1, 0.15) is 18.0 Å². The second-order valence-electron chi connectivity index (χ2n) is 6.51. The zero-order chi connectivity index (χ0) is 17.0. The molecule has 1 aliphatic carbocycles.